The first-order valence-electron chi connectivity index (χ1n) is 7.45. The van der Waals surface area contributed by atoms with Crippen molar-refractivity contribution in [2.45, 2.75) is 18.9 Å². The number of ether oxygens (including phenoxy) is 1. The molecular formula is C17H19N3O2. The van der Waals surface area contributed by atoms with Crippen molar-refractivity contribution in [1.29, 1.82) is 0 Å². The molecular weight excluding hydrogens is 278 g/mol. The topological polar surface area (TPSA) is 77.2 Å². The quantitative estimate of drug-likeness (QED) is 0.858. The van der Waals surface area contributed by atoms with Crippen LogP contribution in [0.1, 0.15) is 23.2 Å². The van der Waals surface area contributed by atoms with Gasteiger partial charge in [0, 0.05) is 24.3 Å². The molecule has 22 heavy (non-hydrogen) atoms. The standard InChI is InChI=1S/C17H19N3O2/c18-10-16(12-3-4-12)20-17(21)13-5-7-14(8-6-13)22-15-2-1-9-19-11-15/h1-2,5-9,11-12,16H,3-4,10,18H2,(H,20,21). The molecule has 1 heterocycles. The minimum absolute atomic E-state index is 0.0822. The Morgan fingerprint density at radius 1 is 1.27 bits per heavy atom. The summed E-state index contributed by atoms with van der Waals surface area (Å²) in [5, 5.41) is 3.00. The molecule has 1 amide bonds. The van der Waals surface area contributed by atoms with Gasteiger partial charge in [-0.1, -0.05) is 0 Å². The number of nitrogens with two attached hydrogens (primary N) is 1. The van der Waals surface area contributed by atoms with E-state index in [1.165, 1.54) is 0 Å². The van der Waals surface area contributed by atoms with E-state index in [0.29, 0.717) is 29.5 Å². The highest BCUT2D eigenvalue weighted by Crippen LogP contribution is 2.32. The Bertz CT molecular complexity index is 624. The van der Waals surface area contributed by atoms with Crippen LogP contribution >= 0.6 is 0 Å². The Labute approximate surface area is 129 Å². The van der Waals surface area contributed by atoms with Crippen molar-refractivity contribution in [2.24, 2.45) is 11.7 Å². The molecule has 1 unspecified atom stereocenters. The number of nitrogens with one attached hydrogen (secondary N) is 1. The van der Waals surface area contributed by atoms with E-state index in [2.05, 4.69) is 10.3 Å². The fourth-order valence-corrected chi connectivity index (χ4v) is 2.34. The van der Waals surface area contributed by atoms with Gasteiger partial charge in [-0.15, -0.1) is 0 Å². The van der Waals surface area contributed by atoms with Crippen molar-refractivity contribution in [3.63, 3.8) is 0 Å². The Morgan fingerprint density at radius 2 is 2.05 bits per heavy atom. The van der Waals surface area contributed by atoms with Crippen LogP contribution in [0, 0.1) is 5.92 Å². The minimum Gasteiger partial charge on any atom is -0.456 e. The minimum atomic E-state index is -0.0877. The summed E-state index contributed by atoms with van der Waals surface area (Å²) in [6, 6.07) is 10.8. The summed E-state index contributed by atoms with van der Waals surface area (Å²) in [5.74, 6) is 1.79. The Hall–Kier alpha value is -2.40. The van der Waals surface area contributed by atoms with Crippen LogP contribution in [-0.2, 0) is 0 Å². The number of benzene rings is 1. The van der Waals surface area contributed by atoms with Crippen molar-refractivity contribution in [3.05, 3.63) is 54.4 Å². The van der Waals surface area contributed by atoms with Crippen LogP contribution in [0.3, 0.4) is 0 Å². The smallest absolute Gasteiger partial charge is 0.251 e. The van der Waals surface area contributed by atoms with E-state index in [9.17, 15) is 4.79 Å². The van der Waals surface area contributed by atoms with Gasteiger partial charge >= 0.3 is 0 Å². The molecule has 5 heteroatoms. The summed E-state index contributed by atoms with van der Waals surface area (Å²) in [6.07, 6.45) is 5.64. The van der Waals surface area contributed by atoms with Crippen molar-refractivity contribution < 1.29 is 9.53 Å². The first-order valence-corrected chi connectivity index (χ1v) is 7.45. The van der Waals surface area contributed by atoms with Crippen molar-refractivity contribution >= 4 is 5.91 Å². The molecule has 3 rings (SSSR count). The molecule has 2 aromatic rings. The van der Waals surface area contributed by atoms with Crippen LogP contribution in [-0.4, -0.2) is 23.5 Å². The molecule has 0 radical (unpaired) electrons. The van der Waals surface area contributed by atoms with Crippen LogP contribution in [0.25, 0.3) is 0 Å². The second-order valence-electron chi connectivity index (χ2n) is 5.47. The average molecular weight is 297 g/mol. The highest BCUT2D eigenvalue weighted by atomic mass is 16.5. The first kappa shape index (κ1) is 14.5. The predicted molar refractivity (Wildman–Crippen MR) is 83.8 cm³/mol. The largest absolute Gasteiger partial charge is 0.456 e. The fraction of sp³-hybridized carbons (Fsp3) is 0.294. The van der Waals surface area contributed by atoms with E-state index >= 15 is 0 Å². The number of hydrogen-bond acceptors (Lipinski definition) is 4. The first-order chi connectivity index (χ1) is 10.8. The molecule has 1 aliphatic carbocycles. The molecule has 114 valence electrons. The molecule has 1 fully saturated rings. The van der Waals surface area contributed by atoms with Crippen LogP contribution < -0.4 is 15.8 Å². The third-order valence-corrected chi connectivity index (χ3v) is 3.75. The lowest BCUT2D eigenvalue weighted by molar-refractivity contribution is 0.0933. The summed E-state index contributed by atoms with van der Waals surface area (Å²) < 4.78 is 5.65. The molecule has 1 aromatic carbocycles. The molecule has 1 atom stereocenters. The molecule has 0 bridgehead atoms. The maximum atomic E-state index is 12.2. The molecule has 3 N–H and O–H groups in total. The maximum absolute atomic E-state index is 12.2. The number of hydrogen-bond donors (Lipinski definition) is 2. The van der Waals surface area contributed by atoms with E-state index in [4.69, 9.17) is 10.5 Å². The van der Waals surface area contributed by atoms with Gasteiger partial charge in [0.1, 0.15) is 11.5 Å². The van der Waals surface area contributed by atoms with Gasteiger partial charge in [-0.05, 0) is 55.2 Å². The Balaban J connectivity index is 1.62. The van der Waals surface area contributed by atoms with Gasteiger partial charge in [0.25, 0.3) is 5.91 Å². The summed E-state index contributed by atoms with van der Waals surface area (Å²) in [5.41, 5.74) is 6.32. The van der Waals surface area contributed by atoms with Crippen LogP contribution in [0.2, 0.25) is 0 Å². The van der Waals surface area contributed by atoms with Gasteiger partial charge < -0.3 is 15.8 Å². The number of carbonyl (C=O) groups excluding carboxylic acids is 1. The number of pyridine rings is 1. The zero-order valence-electron chi connectivity index (χ0n) is 12.2. The average Bonchev–Trinajstić information content (AvgIpc) is 3.39. The normalized spacial score (nSPS) is 15.1. The zero-order valence-corrected chi connectivity index (χ0v) is 12.2. The van der Waals surface area contributed by atoms with E-state index in [0.717, 1.165) is 12.8 Å². The third kappa shape index (κ3) is 3.62. The molecule has 1 aliphatic rings. The molecule has 0 saturated heterocycles. The molecule has 5 nitrogen and oxygen atoms in total. The highest BCUT2D eigenvalue weighted by Gasteiger charge is 2.31. The molecule has 1 saturated carbocycles. The van der Waals surface area contributed by atoms with Crippen LogP contribution in [0.15, 0.2) is 48.8 Å². The van der Waals surface area contributed by atoms with Crippen molar-refractivity contribution in [2.75, 3.05) is 6.54 Å². The predicted octanol–water partition coefficient (Wildman–Crippen LogP) is 2.34. The lowest BCUT2D eigenvalue weighted by atomic mass is 10.1. The number of amides is 1. The summed E-state index contributed by atoms with van der Waals surface area (Å²) >= 11 is 0. The zero-order chi connectivity index (χ0) is 15.4. The summed E-state index contributed by atoms with van der Waals surface area (Å²) in [6.45, 7) is 0.485. The second-order valence-corrected chi connectivity index (χ2v) is 5.47. The van der Waals surface area contributed by atoms with Gasteiger partial charge in [0.2, 0.25) is 0 Å². The van der Waals surface area contributed by atoms with Crippen LogP contribution in [0.4, 0.5) is 0 Å². The number of carbonyl (C=O) groups is 1. The number of aromatic nitrogens is 1. The number of nitrogens with zero attached hydrogens (tertiary/aromatic N) is 1. The van der Waals surface area contributed by atoms with Crippen molar-refractivity contribution in [3.8, 4) is 11.5 Å². The van der Waals surface area contributed by atoms with Gasteiger partial charge in [0.05, 0.1) is 6.20 Å². The molecule has 1 aromatic heterocycles. The van der Waals surface area contributed by atoms with Gasteiger partial charge in [0.15, 0.2) is 0 Å². The maximum Gasteiger partial charge on any atom is 0.251 e. The van der Waals surface area contributed by atoms with Gasteiger partial charge in [-0.3, -0.25) is 9.78 Å². The lowest BCUT2D eigenvalue weighted by Crippen LogP contribution is -2.41. The molecule has 0 spiro atoms. The Kier molecular flexibility index (Phi) is 4.34. The van der Waals surface area contributed by atoms with Crippen LogP contribution in [0.5, 0.6) is 11.5 Å². The van der Waals surface area contributed by atoms with Gasteiger partial charge in [-0.25, -0.2) is 0 Å². The lowest BCUT2D eigenvalue weighted by Gasteiger charge is -2.16. The molecule has 0 aliphatic heterocycles. The second kappa shape index (κ2) is 6.58. The van der Waals surface area contributed by atoms with E-state index in [-0.39, 0.29) is 11.9 Å². The SMILES string of the molecule is NCC(NC(=O)c1ccc(Oc2cccnc2)cc1)C1CC1. The fourth-order valence-electron chi connectivity index (χ4n) is 2.34. The summed E-state index contributed by atoms with van der Waals surface area (Å²) in [7, 11) is 0. The van der Waals surface area contributed by atoms with Crippen molar-refractivity contribution in [1.82, 2.24) is 10.3 Å². The van der Waals surface area contributed by atoms with Gasteiger partial charge in [-0.2, -0.15) is 0 Å². The Morgan fingerprint density at radius 3 is 2.64 bits per heavy atom. The number of rotatable bonds is 6. The van der Waals surface area contributed by atoms with E-state index in [1.54, 1.807) is 36.7 Å². The monoisotopic (exact) mass is 297 g/mol. The highest BCUT2D eigenvalue weighted by molar-refractivity contribution is 5.94. The third-order valence-electron chi connectivity index (χ3n) is 3.75. The van der Waals surface area contributed by atoms with E-state index in [1.807, 2.05) is 12.1 Å². The van der Waals surface area contributed by atoms with E-state index < -0.39 is 0 Å². The summed E-state index contributed by atoms with van der Waals surface area (Å²) in [4.78, 5) is 16.2.